The summed E-state index contributed by atoms with van der Waals surface area (Å²) in [7, 11) is 0. The van der Waals surface area contributed by atoms with Gasteiger partial charge in [-0.2, -0.15) is 5.10 Å². The standard InChI is InChI=1S/C9H10IN3/c1-5-4-8-6(2)9(10)12-13(8)7(3)11-5/h4H,1-3H3. The minimum Gasteiger partial charge on any atom is -0.238 e. The number of rotatable bonds is 0. The molecule has 0 aliphatic rings. The van der Waals surface area contributed by atoms with Gasteiger partial charge in [0.25, 0.3) is 0 Å². The Morgan fingerprint density at radius 2 is 2.00 bits per heavy atom. The molecule has 0 bridgehead atoms. The summed E-state index contributed by atoms with van der Waals surface area (Å²) in [5.41, 5.74) is 3.44. The summed E-state index contributed by atoms with van der Waals surface area (Å²) in [6.07, 6.45) is 0. The largest absolute Gasteiger partial charge is 0.238 e. The Labute approximate surface area is 90.3 Å². The second-order valence-corrected chi connectivity index (χ2v) is 4.18. The van der Waals surface area contributed by atoms with E-state index in [2.05, 4.69) is 45.7 Å². The zero-order chi connectivity index (χ0) is 9.59. The number of nitrogens with zero attached hydrogens (tertiary/aromatic N) is 3. The molecule has 3 nitrogen and oxygen atoms in total. The highest BCUT2D eigenvalue weighted by Gasteiger charge is 2.08. The third kappa shape index (κ3) is 1.33. The van der Waals surface area contributed by atoms with Crippen molar-refractivity contribution in [2.75, 3.05) is 0 Å². The molecule has 0 fully saturated rings. The molecule has 4 heteroatoms. The van der Waals surface area contributed by atoms with Crippen molar-refractivity contribution >= 4 is 28.1 Å². The summed E-state index contributed by atoms with van der Waals surface area (Å²) in [6.45, 7) is 6.07. The van der Waals surface area contributed by atoms with Gasteiger partial charge in [0, 0.05) is 11.3 Å². The first-order valence-corrected chi connectivity index (χ1v) is 5.16. The Morgan fingerprint density at radius 3 is 2.69 bits per heavy atom. The van der Waals surface area contributed by atoms with Crippen LogP contribution >= 0.6 is 22.6 Å². The van der Waals surface area contributed by atoms with Gasteiger partial charge in [-0.3, -0.25) is 0 Å². The Balaban J connectivity index is 2.94. The van der Waals surface area contributed by atoms with E-state index in [0.717, 1.165) is 20.7 Å². The first-order valence-electron chi connectivity index (χ1n) is 4.08. The third-order valence-corrected chi connectivity index (χ3v) is 3.12. The monoisotopic (exact) mass is 287 g/mol. The van der Waals surface area contributed by atoms with E-state index >= 15 is 0 Å². The molecule has 0 radical (unpaired) electrons. The van der Waals surface area contributed by atoms with Crippen molar-refractivity contribution < 1.29 is 0 Å². The molecule has 0 aliphatic heterocycles. The number of aryl methyl sites for hydroxylation is 3. The smallest absolute Gasteiger partial charge is 0.127 e. The second-order valence-electron chi connectivity index (χ2n) is 3.16. The summed E-state index contributed by atoms with van der Waals surface area (Å²) >= 11 is 2.25. The van der Waals surface area contributed by atoms with E-state index in [1.165, 1.54) is 5.56 Å². The average Bonchev–Trinajstić information content (AvgIpc) is 2.32. The van der Waals surface area contributed by atoms with E-state index in [4.69, 9.17) is 0 Å². The molecular weight excluding hydrogens is 277 g/mol. The normalized spacial score (nSPS) is 11.1. The highest BCUT2D eigenvalue weighted by atomic mass is 127. The SMILES string of the molecule is Cc1cc2c(C)c(I)nn2c(C)n1. The van der Waals surface area contributed by atoms with Crippen molar-refractivity contribution in [3.63, 3.8) is 0 Å². The van der Waals surface area contributed by atoms with Crippen LogP contribution in [0.25, 0.3) is 5.52 Å². The Kier molecular flexibility index (Phi) is 2.02. The zero-order valence-electron chi connectivity index (χ0n) is 7.80. The molecule has 0 aliphatic carbocycles. The fourth-order valence-corrected chi connectivity index (χ4v) is 1.92. The second kappa shape index (κ2) is 2.94. The van der Waals surface area contributed by atoms with E-state index in [-0.39, 0.29) is 0 Å². The Morgan fingerprint density at radius 1 is 1.31 bits per heavy atom. The minimum absolute atomic E-state index is 0.945. The lowest BCUT2D eigenvalue weighted by molar-refractivity contribution is 0.844. The van der Waals surface area contributed by atoms with Crippen LogP contribution in [0.2, 0.25) is 0 Å². The van der Waals surface area contributed by atoms with Crippen LogP contribution in [0, 0.1) is 24.5 Å². The fraction of sp³-hybridized carbons (Fsp3) is 0.333. The van der Waals surface area contributed by atoms with E-state index in [1.54, 1.807) is 0 Å². The van der Waals surface area contributed by atoms with Gasteiger partial charge in [-0.1, -0.05) is 0 Å². The number of halogens is 1. The van der Waals surface area contributed by atoms with Crippen molar-refractivity contribution in [3.8, 4) is 0 Å². The van der Waals surface area contributed by atoms with Gasteiger partial charge in [-0.05, 0) is 49.4 Å². The summed E-state index contributed by atoms with van der Waals surface area (Å²) in [6, 6.07) is 2.07. The molecule has 2 rings (SSSR count). The topological polar surface area (TPSA) is 30.2 Å². The lowest BCUT2D eigenvalue weighted by Gasteiger charge is -1.99. The Hall–Kier alpha value is -0.650. The van der Waals surface area contributed by atoms with Gasteiger partial charge in [0.05, 0.1) is 5.52 Å². The fourth-order valence-electron chi connectivity index (χ4n) is 1.43. The van der Waals surface area contributed by atoms with Gasteiger partial charge in [-0.25, -0.2) is 9.50 Å². The summed E-state index contributed by atoms with van der Waals surface area (Å²) < 4.78 is 2.94. The molecule has 0 unspecified atom stereocenters. The van der Waals surface area contributed by atoms with Crippen molar-refractivity contribution in [1.29, 1.82) is 0 Å². The molecular formula is C9H10IN3. The van der Waals surface area contributed by atoms with Gasteiger partial charge in [0.1, 0.15) is 9.53 Å². The van der Waals surface area contributed by atoms with Gasteiger partial charge in [0.15, 0.2) is 0 Å². The van der Waals surface area contributed by atoms with E-state index in [0.29, 0.717) is 0 Å². The molecule has 0 aromatic carbocycles. The highest BCUT2D eigenvalue weighted by molar-refractivity contribution is 14.1. The van der Waals surface area contributed by atoms with Crippen LogP contribution in [-0.2, 0) is 0 Å². The molecule has 2 aromatic heterocycles. The molecule has 0 N–H and O–H groups in total. The predicted octanol–water partition coefficient (Wildman–Crippen LogP) is 2.26. The molecule has 68 valence electrons. The number of hydrogen-bond donors (Lipinski definition) is 0. The predicted molar refractivity (Wildman–Crippen MR) is 59.9 cm³/mol. The average molecular weight is 287 g/mol. The molecule has 13 heavy (non-hydrogen) atoms. The lowest BCUT2D eigenvalue weighted by Crippen LogP contribution is -1.98. The molecule has 2 heterocycles. The van der Waals surface area contributed by atoms with Gasteiger partial charge in [-0.15, -0.1) is 0 Å². The molecule has 2 aromatic rings. The van der Waals surface area contributed by atoms with Crippen molar-refractivity contribution in [2.45, 2.75) is 20.8 Å². The maximum atomic E-state index is 4.39. The van der Waals surface area contributed by atoms with Crippen LogP contribution in [-0.4, -0.2) is 14.6 Å². The number of aromatic nitrogens is 3. The third-order valence-electron chi connectivity index (χ3n) is 2.10. The molecule has 0 saturated carbocycles. The maximum absolute atomic E-state index is 4.39. The van der Waals surface area contributed by atoms with Gasteiger partial charge >= 0.3 is 0 Å². The van der Waals surface area contributed by atoms with Crippen LogP contribution in [0.4, 0.5) is 0 Å². The van der Waals surface area contributed by atoms with Crippen LogP contribution in [0.1, 0.15) is 17.1 Å². The molecule has 0 saturated heterocycles. The van der Waals surface area contributed by atoms with Crippen LogP contribution in [0.5, 0.6) is 0 Å². The first kappa shape index (κ1) is 8.93. The van der Waals surface area contributed by atoms with E-state index in [1.807, 2.05) is 18.4 Å². The summed E-state index contributed by atoms with van der Waals surface area (Å²) in [5.74, 6) is 0.945. The molecule has 0 spiro atoms. The quantitative estimate of drug-likeness (QED) is 0.696. The summed E-state index contributed by atoms with van der Waals surface area (Å²) in [5, 5.41) is 4.39. The van der Waals surface area contributed by atoms with Gasteiger partial charge in [0.2, 0.25) is 0 Å². The summed E-state index contributed by atoms with van der Waals surface area (Å²) in [4.78, 5) is 4.35. The van der Waals surface area contributed by atoms with Crippen molar-refractivity contribution in [3.05, 3.63) is 26.8 Å². The van der Waals surface area contributed by atoms with Crippen molar-refractivity contribution in [1.82, 2.24) is 14.6 Å². The van der Waals surface area contributed by atoms with Gasteiger partial charge < -0.3 is 0 Å². The van der Waals surface area contributed by atoms with Crippen LogP contribution < -0.4 is 0 Å². The first-order chi connectivity index (χ1) is 6.09. The van der Waals surface area contributed by atoms with E-state index in [9.17, 15) is 0 Å². The van der Waals surface area contributed by atoms with Crippen LogP contribution in [0.3, 0.4) is 0 Å². The minimum atomic E-state index is 0.945. The van der Waals surface area contributed by atoms with E-state index < -0.39 is 0 Å². The highest BCUT2D eigenvalue weighted by Crippen LogP contribution is 2.17. The van der Waals surface area contributed by atoms with Crippen molar-refractivity contribution in [2.24, 2.45) is 0 Å². The molecule has 0 atom stereocenters. The van der Waals surface area contributed by atoms with Crippen LogP contribution in [0.15, 0.2) is 6.07 Å². The number of hydrogen-bond acceptors (Lipinski definition) is 2. The molecule has 0 amide bonds. The lowest BCUT2D eigenvalue weighted by atomic mass is 10.3. The maximum Gasteiger partial charge on any atom is 0.127 e. The Bertz CT molecular complexity index is 473. The number of fused-ring (bicyclic) bond motifs is 1. The zero-order valence-corrected chi connectivity index (χ0v) is 9.95.